The predicted octanol–water partition coefficient (Wildman–Crippen LogP) is 8.49. The highest BCUT2D eigenvalue weighted by Crippen LogP contribution is 2.65. The molecule has 1 saturated carbocycles. The lowest BCUT2D eigenvalue weighted by Gasteiger charge is -2.51. The summed E-state index contributed by atoms with van der Waals surface area (Å²) < 4.78 is 13.9. The second-order valence-corrected chi connectivity index (χ2v) is 15.4. The first kappa shape index (κ1) is 34.3. The van der Waals surface area contributed by atoms with E-state index < -0.39 is 52.6 Å². The molecule has 9 rings (SSSR count). The monoisotopic (exact) mass is 759 g/mol. The number of imide groups is 2. The van der Waals surface area contributed by atoms with Gasteiger partial charge in [0.15, 0.2) is 0 Å². The number of nitrogens with one attached hydrogen (secondary N) is 1. The number of hydrazine groups is 1. The van der Waals surface area contributed by atoms with Crippen LogP contribution in [0.4, 0.5) is 15.8 Å². The molecule has 2 N–H and O–H groups in total. The van der Waals surface area contributed by atoms with Crippen LogP contribution in [-0.2, 0) is 24.6 Å². The molecule has 2 aliphatic heterocycles. The number of anilines is 2. The van der Waals surface area contributed by atoms with Crippen LogP contribution in [0.15, 0.2) is 115 Å². The average Bonchev–Trinajstić information content (AvgIpc) is 3.55. The van der Waals surface area contributed by atoms with Gasteiger partial charge in [-0.3, -0.25) is 24.6 Å². The van der Waals surface area contributed by atoms with Gasteiger partial charge in [0.05, 0.1) is 34.5 Å². The second-order valence-electron chi connectivity index (χ2n) is 14.5. The Kier molecular flexibility index (Phi) is 7.95. The average molecular weight is 761 g/mol. The Morgan fingerprint density at radius 2 is 1.54 bits per heavy atom. The third kappa shape index (κ3) is 4.87. The first-order chi connectivity index (χ1) is 26.0. The summed E-state index contributed by atoms with van der Waals surface area (Å²) in [6, 6.07) is 28.0. The van der Waals surface area contributed by atoms with Gasteiger partial charge in [0, 0.05) is 21.3 Å². The molecule has 2 heterocycles. The molecule has 270 valence electrons. The maximum atomic E-state index is 15.4. The maximum Gasteiger partial charge on any atom is 0.260 e. The number of rotatable bonds is 5. The van der Waals surface area contributed by atoms with Crippen LogP contribution in [0.2, 0.25) is 10.0 Å². The molecule has 4 aliphatic rings. The van der Waals surface area contributed by atoms with Gasteiger partial charge >= 0.3 is 0 Å². The van der Waals surface area contributed by atoms with E-state index in [-0.39, 0.29) is 30.4 Å². The van der Waals surface area contributed by atoms with E-state index >= 15 is 4.79 Å². The minimum atomic E-state index is -1.56. The Balaban J connectivity index is 1.27. The molecule has 2 saturated heterocycles. The Morgan fingerprint density at radius 1 is 0.815 bits per heavy atom. The standard InChI is InChI=1S/C43H32Cl2FN3O5/c1-22-6-15-27(20-35(22)45)48-39(51)32-17-16-31-33(37(32)41(48)53)21-34-40(52)49(47-26-13-11-25(46)12-14-26)42(54)43(34,23-7-9-24(44)10-8-23)38(31)30-18-19-36(50)29-5-3-2-4-28(29)30/h2-16,18-20,32-34,37-38,47,50H,17,21H2,1H3. The SMILES string of the molecule is Cc1ccc(N2C(=O)C3CC=C4C(CC5C(=O)N(Nc6ccc(F)cc6)C(=O)C5(c5ccc(Cl)cc5)C4c4ccc(O)c5ccccc45)C3C2=O)cc1Cl. The highest BCUT2D eigenvalue weighted by molar-refractivity contribution is 6.32. The van der Waals surface area contributed by atoms with E-state index in [1.54, 1.807) is 60.7 Å². The van der Waals surface area contributed by atoms with Crippen molar-refractivity contribution in [3.05, 3.63) is 147 Å². The van der Waals surface area contributed by atoms with Crippen LogP contribution >= 0.6 is 23.2 Å². The zero-order valence-corrected chi connectivity index (χ0v) is 30.3. The lowest BCUT2D eigenvalue weighted by Crippen LogP contribution is -2.53. The molecule has 8 nitrogen and oxygen atoms in total. The zero-order chi connectivity index (χ0) is 37.6. The summed E-state index contributed by atoms with van der Waals surface area (Å²) in [5, 5.41) is 14.1. The van der Waals surface area contributed by atoms with Gasteiger partial charge in [-0.1, -0.05) is 83.4 Å². The lowest BCUT2D eigenvalue weighted by molar-refractivity contribution is -0.138. The van der Waals surface area contributed by atoms with Gasteiger partial charge < -0.3 is 5.11 Å². The summed E-state index contributed by atoms with van der Waals surface area (Å²) in [5.74, 6) is -6.13. The maximum absolute atomic E-state index is 15.4. The number of amides is 4. The first-order valence-corrected chi connectivity index (χ1v) is 18.5. The number of aromatic hydroxyl groups is 1. The van der Waals surface area contributed by atoms with E-state index in [1.807, 2.05) is 31.2 Å². The molecular weight excluding hydrogens is 728 g/mol. The predicted molar refractivity (Wildman–Crippen MR) is 203 cm³/mol. The van der Waals surface area contributed by atoms with Crippen molar-refractivity contribution in [1.29, 1.82) is 0 Å². The Bertz CT molecular complexity index is 2470. The lowest BCUT2D eigenvalue weighted by atomic mass is 9.49. The normalized spacial score (nSPS) is 26.1. The van der Waals surface area contributed by atoms with Crippen LogP contribution < -0.4 is 10.3 Å². The van der Waals surface area contributed by atoms with Crippen LogP contribution in [0.5, 0.6) is 5.75 Å². The summed E-state index contributed by atoms with van der Waals surface area (Å²) in [5.41, 5.74) is 4.93. The number of carbonyl (C=O) groups is 4. The highest BCUT2D eigenvalue weighted by Gasteiger charge is 2.70. The van der Waals surface area contributed by atoms with Crippen molar-refractivity contribution in [1.82, 2.24) is 5.01 Å². The molecule has 6 unspecified atom stereocenters. The molecule has 3 fully saturated rings. The van der Waals surface area contributed by atoms with Gasteiger partial charge in [-0.2, -0.15) is 5.01 Å². The third-order valence-corrected chi connectivity index (χ3v) is 12.6. The number of hydrogen-bond donors (Lipinski definition) is 2. The Hall–Kier alpha value is -5.51. The zero-order valence-electron chi connectivity index (χ0n) is 28.8. The summed E-state index contributed by atoms with van der Waals surface area (Å²) >= 11 is 12.9. The van der Waals surface area contributed by atoms with Crippen molar-refractivity contribution in [2.75, 3.05) is 10.3 Å². The van der Waals surface area contributed by atoms with Crippen molar-refractivity contribution >= 4 is 69.0 Å². The quantitative estimate of drug-likeness (QED) is 0.138. The number of allylic oxidation sites excluding steroid dienone is 2. The van der Waals surface area contributed by atoms with Gasteiger partial charge in [0.25, 0.3) is 11.8 Å². The summed E-state index contributed by atoms with van der Waals surface area (Å²) in [7, 11) is 0. The fourth-order valence-corrected chi connectivity index (χ4v) is 9.83. The van der Waals surface area contributed by atoms with E-state index in [0.717, 1.165) is 16.1 Å². The highest BCUT2D eigenvalue weighted by atomic mass is 35.5. The smallest absolute Gasteiger partial charge is 0.260 e. The Morgan fingerprint density at radius 3 is 2.26 bits per heavy atom. The number of aryl methyl sites for hydroxylation is 1. The molecule has 0 aromatic heterocycles. The van der Waals surface area contributed by atoms with Crippen LogP contribution in [-0.4, -0.2) is 33.7 Å². The summed E-state index contributed by atoms with van der Waals surface area (Å²) in [4.78, 5) is 60.4. The fraction of sp³-hybridized carbons (Fsp3) is 0.209. The molecule has 11 heteroatoms. The van der Waals surface area contributed by atoms with Crippen molar-refractivity contribution in [3.63, 3.8) is 0 Å². The molecule has 6 atom stereocenters. The van der Waals surface area contributed by atoms with Gasteiger partial charge in [-0.15, -0.1) is 0 Å². The van der Waals surface area contributed by atoms with Crippen molar-refractivity contribution < 1.29 is 28.7 Å². The van der Waals surface area contributed by atoms with E-state index in [4.69, 9.17) is 23.2 Å². The molecule has 4 amide bonds. The fourth-order valence-electron chi connectivity index (χ4n) is 9.53. The molecule has 0 radical (unpaired) electrons. The number of fused-ring (bicyclic) bond motifs is 5. The van der Waals surface area contributed by atoms with Crippen LogP contribution in [0.1, 0.15) is 35.4 Å². The number of phenolic OH excluding ortho intramolecular Hbond substituents is 1. The molecule has 54 heavy (non-hydrogen) atoms. The molecule has 0 bridgehead atoms. The first-order valence-electron chi connectivity index (χ1n) is 17.7. The molecule has 2 aliphatic carbocycles. The summed E-state index contributed by atoms with van der Waals surface area (Å²) in [6.07, 6.45) is 2.32. The molecule has 5 aromatic rings. The Labute approximate surface area is 319 Å². The number of phenols is 1. The number of halogens is 3. The largest absolute Gasteiger partial charge is 0.507 e. The van der Waals surface area contributed by atoms with Crippen LogP contribution in [0.3, 0.4) is 0 Å². The topological polar surface area (TPSA) is 107 Å². The van der Waals surface area contributed by atoms with Gasteiger partial charge in [0.2, 0.25) is 11.8 Å². The molecule has 0 spiro atoms. The molecular formula is C43H32Cl2FN3O5. The third-order valence-electron chi connectivity index (χ3n) is 11.9. The number of carbonyl (C=O) groups excluding carboxylic acids is 4. The van der Waals surface area contributed by atoms with Crippen molar-refractivity contribution in [2.24, 2.45) is 23.7 Å². The van der Waals surface area contributed by atoms with Crippen molar-refractivity contribution in [3.8, 4) is 5.75 Å². The number of benzene rings is 5. The minimum absolute atomic E-state index is 0.0499. The van der Waals surface area contributed by atoms with E-state index in [2.05, 4.69) is 5.43 Å². The van der Waals surface area contributed by atoms with Gasteiger partial charge in [0.1, 0.15) is 11.6 Å². The van der Waals surface area contributed by atoms with E-state index in [1.165, 1.54) is 29.2 Å². The van der Waals surface area contributed by atoms with Crippen LogP contribution in [0.25, 0.3) is 10.8 Å². The summed E-state index contributed by atoms with van der Waals surface area (Å²) in [6.45, 7) is 1.84. The van der Waals surface area contributed by atoms with Gasteiger partial charge in [-0.25, -0.2) is 9.29 Å². The van der Waals surface area contributed by atoms with Crippen molar-refractivity contribution in [2.45, 2.75) is 31.1 Å². The molecule has 5 aromatic carbocycles. The second kappa shape index (κ2) is 12.5. The number of nitrogens with zero attached hydrogens (tertiary/aromatic N) is 2. The van der Waals surface area contributed by atoms with E-state index in [9.17, 15) is 23.9 Å². The van der Waals surface area contributed by atoms with E-state index in [0.29, 0.717) is 43.3 Å². The number of hydrogen-bond acceptors (Lipinski definition) is 6. The van der Waals surface area contributed by atoms with Gasteiger partial charge in [-0.05, 0) is 102 Å². The van der Waals surface area contributed by atoms with Crippen LogP contribution in [0, 0.1) is 36.4 Å². The minimum Gasteiger partial charge on any atom is -0.507 e.